The van der Waals surface area contributed by atoms with Gasteiger partial charge in [0.1, 0.15) is 18.9 Å². The average molecular weight is 301 g/mol. The Bertz CT molecular complexity index is 342. The minimum absolute atomic E-state index is 0.682. The molecule has 17 heavy (non-hydrogen) atoms. The van der Waals surface area contributed by atoms with Crippen molar-refractivity contribution in [2.75, 3.05) is 13.2 Å². The van der Waals surface area contributed by atoms with Gasteiger partial charge in [0.05, 0.1) is 10.5 Å². The first-order valence-electron chi connectivity index (χ1n) is 6.27. The van der Waals surface area contributed by atoms with Crippen LogP contribution >= 0.6 is 15.9 Å². The average Bonchev–Trinajstić information content (AvgIpc) is 2.26. The lowest BCUT2D eigenvalue weighted by Gasteiger charge is -2.13. The normalized spacial score (nSPS) is 12.5. The van der Waals surface area contributed by atoms with Crippen molar-refractivity contribution in [3.05, 3.63) is 27.7 Å². The van der Waals surface area contributed by atoms with Gasteiger partial charge >= 0.3 is 0 Å². The van der Waals surface area contributed by atoms with Gasteiger partial charge in [0.2, 0.25) is 0 Å². The van der Waals surface area contributed by atoms with Crippen molar-refractivity contribution >= 4 is 15.9 Å². The lowest BCUT2D eigenvalue weighted by molar-refractivity contribution is -0.686. The second-order valence-corrected chi connectivity index (χ2v) is 5.51. The molecule has 0 saturated heterocycles. The quantitative estimate of drug-likeness (QED) is 0.803. The van der Waals surface area contributed by atoms with Crippen LogP contribution in [0.5, 0.6) is 5.75 Å². The van der Waals surface area contributed by atoms with Gasteiger partial charge in [-0.1, -0.05) is 13.0 Å². The van der Waals surface area contributed by atoms with Gasteiger partial charge in [0, 0.05) is 0 Å². The molecule has 0 aliphatic rings. The number of rotatable bonds is 6. The molecule has 96 valence electrons. The third-order valence-corrected chi connectivity index (χ3v) is 3.54. The maximum atomic E-state index is 5.84. The van der Waals surface area contributed by atoms with Gasteiger partial charge in [-0.25, -0.2) is 0 Å². The topological polar surface area (TPSA) is 25.8 Å². The molecule has 0 spiro atoms. The highest BCUT2D eigenvalue weighted by molar-refractivity contribution is 9.10. The summed E-state index contributed by atoms with van der Waals surface area (Å²) >= 11 is 3.56. The molecule has 2 nitrogen and oxygen atoms in total. The van der Waals surface area contributed by atoms with E-state index in [1.165, 1.54) is 17.5 Å². The van der Waals surface area contributed by atoms with Crippen LogP contribution in [-0.4, -0.2) is 19.2 Å². The molecule has 0 radical (unpaired) electrons. The van der Waals surface area contributed by atoms with Crippen LogP contribution in [0.1, 0.15) is 31.4 Å². The Labute approximate surface area is 113 Å². The Kier molecular flexibility index (Phi) is 6.00. The summed E-state index contributed by atoms with van der Waals surface area (Å²) in [5.41, 5.74) is 2.45. The monoisotopic (exact) mass is 300 g/mol. The van der Waals surface area contributed by atoms with Crippen molar-refractivity contribution in [3.63, 3.8) is 0 Å². The van der Waals surface area contributed by atoms with Crippen molar-refractivity contribution in [1.29, 1.82) is 0 Å². The van der Waals surface area contributed by atoms with Gasteiger partial charge in [-0.3, -0.25) is 0 Å². The summed E-state index contributed by atoms with van der Waals surface area (Å²) in [6.45, 7) is 10.4. The molecule has 0 amide bonds. The number of hydrogen-bond donors (Lipinski definition) is 1. The molecule has 0 fully saturated rings. The standard InChI is InChI=1S/C14H22BrNO/c1-5-12(4)16-6-7-17-14-11(3)8-10(2)9-13(14)15/h8-9,12,16H,5-7H2,1-4H3/p+1/t12-/m1/s1. The number of nitrogens with two attached hydrogens (primary N) is 1. The van der Waals surface area contributed by atoms with E-state index in [0.29, 0.717) is 6.04 Å². The zero-order valence-corrected chi connectivity index (χ0v) is 12.8. The third-order valence-electron chi connectivity index (χ3n) is 2.95. The zero-order chi connectivity index (χ0) is 12.8. The number of benzene rings is 1. The van der Waals surface area contributed by atoms with E-state index in [1.807, 2.05) is 0 Å². The molecule has 1 rings (SSSR count). The SMILES string of the molecule is CC[C@@H](C)[NH2+]CCOc1c(C)cc(C)cc1Br. The van der Waals surface area contributed by atoms with Crippen molar-refractivity contribution in [2.45, 2.75) is 40.2 Å². The first-order chi connectivity index (χ1) is 8.04. The molecular formula is C14H23BrNO+. The van der Waals surface area contributed by atoms with Gasteiger partial charge in [0.25, 0.3) is 0 Å². The van der Waals surface area contributed by atoms with Gasteiger partial charge < -0.3 is 10.1 Å². The summed E-state index contributed by atoms with van der Waals surface area (Å²) in [5, 5.41) is 2.33. The molecule has 0 bridgehead atoms. The zero-order valence-electron chi connectivity index (χ0n) is 11.2. The molecule has 2 N–H and O–H groups in total. The van der Waals surface area contributed by atoms with E-state index in [1.54, 1.807) is 0 Å². The van der Waals surface area contributed by atoms with Crippen LogP contribution in [0.3, 0.4) is 0 Å². The summed E-state index contributed by atoms with van der Waals surface area (Å²) in [6, 6.07) is 4.93. The maximum Gasteiger partial charge on any atom is 0.137 e. The summed E-state index contributed by atoms with van der Waals surface area (Å²) < 4.78 is 6.89. The molecule has 3 heteroatoms. The molecule has 0 aliphatic heterocycles. The minimum Gasteiger partial charge on any atom is -0.486 e. The van der Waals surface area contributed by atoms with E-state index in [2.05, 4.69) is 61.1 Å². The number of ether oxygens (including phenoxy) is 1. The Hall–Kier alpha value is -0.540. The van der Waals surface area contributed by atoms with E-state index < -0.39 is 0 Å². The Morgan fingerprint density at radius 2 is 2.06 bits per heavy atom. The van der Waals surface area contributed by atoms with Crippen LogP contribution in [0.15, 0.2) is 16.6 Å². The minimum atomic E-state index is 0.682. The second kappa shape index (κ2) is 7.02. The predicted molar refractivity (Wildman–Crippen MR) is 75.7 cm³/mol. The van der Waals surface area contributed by atoms with Crippen LogP contribution in [0.2, 0.25) is 0 Å². The Morgan fingerprint density at radius 1 is 1.35 bits per heavy atom. The maximum absolute atomic E-state index is 5.84. The van der Waals surface area contributed by atoms with Crippen LogP contribution in [0.25, 0.3) is 0 Å². The van der Waals surface area contributed by atoms with Gasteiger partial charge in [0.15, 0.2) is 0 Å². The van der Waals surface area contributed by atoms with Crippen LogP contribution < -0.4 is 10.1 Å². The lowest BCUT2D eigenvalue weighted by Crippen LogP contribution is -2.90. The van der Waals surface area contributed by atoms with Crippen molar-refractivity contribution < 1.29 is 10.1 Å². The summed E-state index contributed by atoms with van der Waals surface area (Å²) in [6.07, 6.45) is 1.20. The largest absolute Gasteiger partial charge is 0.486 e. The van der Waals surface area contributed by atoms with E-state index in [0.717, 1.165) is 23.4 Å². The van der Waals surface area contributed by atoms with E-state index in [9.17, 15) is 0 Å². The van der Waals surface area contributed by atoms with Crippen molar-refractivity contribution in [1.82, 2.24) is 0 Å². The molecular weight excluding hydrogens is 278 g/mol. The molecule has 0 unspecified atom stereocenters. The molecule has 1 aromatic rings. The third kappa shape index (κ3) is 4.68. The highest BCUT2D eigenvalue weighted by atomic mass is 79.9. The number of aryl methyl sites for hydroxylation is 2. The smallest absolute Gasteiger partial charge is 0.137 e. The molecule has 0 aromatic heterocycles. The molecule has 0 heterocycles. The first kappa shape index (κ1) is 14.5. The molecule has 0 aliphatic carbocycles. The fraction of sp³-hybridized carbons (Fsp3) is 0.571. The van der Waals surface area contributed by atoms with Crippen LogP contribution in [-0.2, 0) is 0 Å². The van der Waals surface area contributed by atoms with E-state index >= 15 is 0 Å². The fourth-order valence-corrected chi connectivity index (χ4v) is 2.55. The van der Waals surface area contributed by atoms with Crippen LogP contribution in [0.4, 0.5) is 0 Å². The van der Waals surface area contributed by atoms with Crippen molar-refractivity contribution in [3.8, 4) is 5.75 Å². The summed E-state index contributed by atoms with van der Waals surface area (Å²) in [5.74, 6) is 0.980. The predicted octanol–water partition coefficient (Wildman–Crippen LogP) is 2.81. The highest BCUT2D eigenvalue weighted by Crippen LogP contribution is 2.29. The fourth-order valence-electron chi connectivity index (χ4n) is 1.77. The lowest BCUT2D eigenvalue weighted by atomic mass is 10.1. The second-order valence-electron chi connectivity index (χ2n) is 4.65. The Balaban J connectivity index is 2.47. The highest BCUT2D eigenvalue weighted by Gasteiger charge is 2.07. The first-order valence-corrected chi connectivity index (χ1v) is 7.06. The number of hydrogen-bond acceptors (Lipinski definition) is 1. The number of halogens is 1. The van der Waals surface area contributed by atoms with Crippen molar-refractivity contribution in [2.24, 2.45) is 0 Å². The Morgan fingerprint density at radius 3 is 2.65 bits per heavy atom. The van der Waals surface area contributed by atoms with E-state index in [-0.39, 0.29) is 0 Å². The van der Waals surface area contributed by atoms with Crippen LogP contribution in [0, 0.1) is 13.8 Å². The summed E-state index contributed by atoms with van der Waals surface area (Å²) in [4.78, 5) is 0. The number of quaternary nitrogens is 1. The van der Waals surface area contributed by atoms with Gasteiger partial charge in [-0.2, -0.15) is 0 Å². The van der Waals surface area contributed by atoms with E-state index in [4.69, 9.17) is 4.74 Å². The molecule has 1 atom stereocenters. The van der Waals surface area contributed by atoms with Gasteiger partial charge in [-0.15, -0.1) is 0 Å². The van der Waals surface area contributed by atoms with Gasteiger partial charge in [-0.05, 0) is 60.3 Å². The summed E-state index contributed by atoms with van der Waals surface area (Å²) in [7, 11) is 0. The molecule has 0 saturated carbocycles. The molecule has 1 aromatic carbocycles.